The fraction of sp³-hybridized carbons (Fsp3) is 0.211. The molecule has 13 nitrogen and oxygen atoms in total. The van der Waals surface area contributed by atoms with E-state index in [9.17, 15) is 24.5 Å². The Morgan fingerprint density at radius 1 is 1.15 bits per heavy atom. The summed E-state index contributed by atoms with van der Waals surface area (Å²) in [7, 11) is 2.81. The summed E-state index contributed by atoms with van der Waals surface area (Å²) < 4.78 is 2.15. The molecule has 0 bridgehead atoms. The molecule has 1 amide bonds. The predicted molar refractivity (Wildman–Crippen MR) is 126 cm³/mol. The quantitative estimate of drug-likeness (QED) is 0.177. The van der Waals surface area contributed by atoms with Crippen LogP contribution in [-0.4, -0.2) is 45.9 Å². The molecule has 3 heterocycles. The molecule has 0 saturated heterocycles. The molecule has 4 aromatic rings. The maximum Gasteiger partial charge on any atom is 0.332 e. The molecule has 0 saturated carbocycles. The van der Waals surface area contributed by atoms with E-state index < -0.39 is 16.2 Å². The third-order valence-corrected chi connectivity index (χ3v) is 6.44. The Kier molecular flexibility index (Phi) is 6.21. The summed E-state index contributed by atoms with van der Waals surface area (Å²) in [5, 5.41) is 22.6. The molecule has 1 N–H and O–H groups in total. The Bertz CT molecular complexity index is 1560. The molecule has 0 atom stereocenters. The number of hydrogen-bond acceptors (Lipinski definition) is 11. The molecule has 0 radical (unpaired) electrons. The van der Waals surface area contributed by atoms with Crippen LogP contribution in [0.3, 0.4) is 0 Å². The van der Waals surface area contributed by atoms with Gasteiger partial charge < -0.3 is 0 Å². The van der Waals surface area contributed by atoms with E-state index >= 15 is 0 Å². The lowest BCUT2D eigenvalue weighted by Crippen LogP contribution is -2.37. The van der Waals surface area contributed by atoms with Crippen LogP contribution in [0.4, 0.5) is 10.8 Å². The van der Waals surface area contributed by atoms with Crippen LogP contribution in [0.25, 0.3) is 22.4 Å². The van der Waals surface area contributed by atoms with Crippen molar-refractivity contribution in [2.75, 3.05) is 11.1 Å². The normalized spacial score (nSPS) is 11.0. The summed E-state index contributed by atoms with van der Waals surface area (Å²) in [5.41, 5.74) is -0.762. The van der Waals surface area contributed by atoms with Gasteiger partial charge in [0.25, 0.3) is 11.2 Å². The van der Waals surface area contributed by atoms with Crippen LogP contribution in [0.5, 0.6) is 0 Å². The predicted octanol–water partition coefficient (Wildman–Crippen LogP) is 1.49. The Balaban J connectivity index is 1.78. The molecule has 0 aliphatic rings. The van der Waals surface area contributed by atoms with E-state index in [1.807, 2.05) is 0 Å². The number of nitro groups is 1. The molecule has 0 spiro atoms. The van der Waals surface area contributed by atoms with Crippen molar-refractivity contribution in [3.63, 3.8) is 0 Å². The van der Waals surface area contributed by atoms with Gasteiger partial charge in [-0.3, -0.25) is 34.2 Å². The average molecular weight is 501 g/mol. The molecule has 0 aliphatic carbocycles. The summed E-state index contributed by atoms with van der Waals surface area (Å²) in [6.07, 6.45) is 0. The summed E-state index contributed by atoms with van der Waals surface area (Å²) in [6, 6.07) is 5.54. The van der Waals surface area contributed by atoms with Crippen LogP contribution in [-0.2, 0) is 18.9 Å². The minimum absolute atomic E-state index is 0.0825. The maximum atomic E-state index is 12.9. The number of carbonyl (C=O) groups is 1. The molecule has 3 aromatic heterocycles. The molecule has 1 aromatic carbocycles. The number of nitrogens with zero attached hydrogens (tertiary/aromatic N) is 7. The smallest absolute Gasteiger partial charge is 0.300 e. The summed E-state index contributed by atoms with van der Waals surface area (Å²) in [5.74, 6) is -0.337. The highest BCUT2D eigenvalue weighted by molar-refractivity contribution is 8.00. The van der Waals surface area contributed by atoms with Gasteiger partial charge in [0, 0.05) is 31.8 Å². The standard InChI is InChI=1S/C19H16N8O5S2/c1-9-23-24-18(34-9)20-12(28)8-33-16-13-15(25(2)19(30)26(3)17(13)29)21-14(22-16)10-4-6-11(7-5-10)27(31)32/h4-7H,8H2,1-3H3,(H,20,24,28). The first-order chi connectivity index (χ1) is 16.2. The lowest BCUT2D eigenvalue weighted by atomic mass is 10.2. The highest BCUT2D eigenvalue weighted by atomic mass is 32.2. The second-order valence-electron chi connectivity index (χ2n) is 7.02. The number of aryl methyl sites for hydroxylation is 2. The first-order valence-electron chi connectivity index (χ1n) is 9.61. The monoisotopic (exact) mass is 500 g/mol. The number of non-ortho nitro benzene ring substituents is 1. The van der Waals surface area contributed by atoms with Crippen LogP contribution in [0.15, 0.2) is 38.9 Å². The second-order valence-corrected chi connectivity index (χ2v) is 9.17. The number of thioether (sulfide) groups is 1. The van der Waals surface area contributed by atoms with Crippen molar-refractivity contribution in [2.45, 2.75) is 11.9 Å². The molecular formula is C19H16N8O5S2. The molecule has 174 valence electrons. The Hall–Kier alpha value is -3.98. The lowest BCUT2D eigenvalue weighted by Gasteiger charge is -2.12. The molecule has 15 heteroatoms. The van der Waals surface area contributed by atoms with Crippen LogP contribution >= 0.6 is 23.1 Å². The largest absolute Gasteiger partial charge is 0.332 e. The first kappa shape index (κ1) is 23.2. The van der Waals surface area contributed by atoms with Crippen LogP contribution < -0.4 is 16.6 Å². The average Bonchev–Trinajstić information content (AvgIpc) is 3.23. The molecule has 34 heavy (non-hydrogen) atoms. The minimum Gasteiger partial charge on any atom is -0.300 e. The van der Waals surface area contributed by atoms with Crippen molar-refractivity contribution >= 4 is 50.9 Å². The molecule has 0 fully saturated rings. The number of nitrogens with one attached hydrogen (secondary N) is 1. The van der Waals surface area contributed by atoms with Crippen molar-refractivity contribution in [2.24, 2.45) is 14.1 Å². The number of fused-ring (bicyclic) bond motifs is 1. The van der Waals surface area contributed by atoms with Gasteiger partial charge in [-0.15, -0.1) is 10.2 Å². The Morgan fingerprint density at radius 2 is 1.85 bits per heavy atom. The fourth-order valence-corrected chi connectivity index (χ4v) is 4.45. The highest BCUT2D eigenvalue weighted by Crippen LogP contribution is 2.27. The van der Waals surface area contributed by atoms with Gasteiger partial charge >= 0.3 is 5.69 Å². The van der Waals surface area contributed by atoms with Crippen molar-refractivity contribution in [3.05, 3.63) is 60.2 Å². The molecular weight excluding hydrogens is 484 g/mol. The number of amides is 1. The first-order valence-corrected chi connectivity index (χ1v) is 11.4. The van der Waals surface area contributed by atoms with Gasteiger partial charge in [-0.2, -0.15) is 0 Å². The van der Waals surface area contributed by atoms with Crippen LogP contribution in [0, 0.1) is 17.0 Å². The van der Waals surface area contributed by atoms with E-state index in [2.05, 4.69) is 25.5 Å². The summed E-state index contributed by atoms with van der Waals surface area (Å²) in [4.78, 5) is 57.0. The SMILES string of the molecule is Cc1nnc(NC(=O)CSc2nc(-c3ccc([N+](=O)[O-])cc3)nc3c2c(=O)n(C)c(=O)n3C)s1. The number of nitro benzene ring substituents is 1. The molecule has 0 unspecified atom stereocenters. The molecule has 4 rings (SSSR count). The Labute approximate surface area is 198 Å². The number of anilines is 1. The van der Waals surface area contributed by atoms with E-state index in [1.54, 1.807) is 6.92 Å². The van der Waals surface area contributed by atoms with E-state index in [1.165, 1.54) is 54.3 Å². The third kappa shape index (κ3) is 4.42. The zero-order valence-electron chi connectivity index (χ0n) is 18.0. The number of benzene rings is 1. The van der Waals surface area contributed by atoms with Crippen molar-refractivity contribution in [1.82, 2.24) is 29.3 Å². The van der Waals surface area contributed by atoms with Crippen molar-refractivity contribution in [3.8, 4) is 11.4 Å². The van der Waals surface area contributed by atoms with Gasteiger partial charge in [0.1, 0.15) is 15.4 Å². The van der Waals surface area contributed by atoms with Crippen LogP contribution in [0.2, 0.25) is 0 Å². The van der Waals surface area contributed by atoms with Gasteiger partial charge in [-0.05, 0) is 19.1 Å². The van der Waals surface area contributed by atoms with Gasteiger partial charge in [0.15, 0.2) is 11.5 Å². The van der Waals surface area contributed by atoms with E-state index in [0.29, 0.717) is 15.7 Å². The van der Waals surface area contributed by atoms with Gasteiger partial charge in [-0.1, -0.05) is 23.1 Å². The zero-order chi connectivity index (χ0) is 24.6. The highest BCUT2D eigenvalue weighted by Gasteiger charge is 2.20. The van der Waals surface area contributed by atoms with Gasteiger partial charge in [-0.25, -0.2) is 14.8 Å². The number of rotatable bonds is 6. The van der Waals surface area contributed by atoms with Gasteiger partial charge in [0.05, 0.1) is 10.7 Å². The number of hydrogen-bond donors (Lipinski definition) is 1. The number of aromatic nitrogens is 6. The topological polar surface area (TPSA) is 168 Å². The lowest BCUT2D eigenvalue weighted by molar-refractivity contribution is -0.384. The third-order valence-electron chi connectivity index (χ3n) is 4.72. The minimum atomic E-state index is -0.601. The van der Waals surface area contributed by atoms with E-state index in [4.69, 9.17) is 0 Å². The van der Waals surface area contributed by atoms with Gasteiger partial charge in [0.2, 0.25) is 11.0 Å². The summed E-state index contributed by atoms with van der Waals surface area (Å²) >= 11 is 2.22. The van der Waals surface area contributed by atoms with E-state index in [0.717, 1.165) is 16.3 Å². The molecule has 0 aliphatic heterocycles. The van der Waals surface area contributed by atoms with Crippen molar-refractivity contribution < 1.29 is 9.72 Å². The zero-order valence-corrected chi connectivity index (χ0v) is 19.6. The Morgan fingerprint density at radius 3 is 2.47 bits per heavy atom. The van der Waals surface area contributed by atoms with E-state index in [-0.39, 0.29) is 39.2 Å². The van der Waals surface area contributed by atoms with Crippen LogP contribution in [0.1, 0.15) is 5.01 Å². The number of carbonyl (C=O) groups excluding carboxylic acids is 1. The second kappa shape index (κ2) is 9.11. The maximum absolute atomic E-state index is 12.9. The summed E-state index contributed by atoms with van der Waals surface area (Å²) in [6.45, 7) is 1.76. The fourth-order valence-electron chi connectivity index (χ4n) is 3.03. The van der Waals surface area contributed by atoms with Crippen molar-refractivity contribution in [1.29, 1.82) is 0 Å².